The predicted molar refractivity (Wildman–Crippen MR) is 97.9 cm³/mol. The monoisotopic (exact) mass is 421 g/mol. The minimum Gasteiger partial charge on any atom is -0.490 e. The Balaban J connectivity index is 1.98. The molecule has 2 amide bonds. The van der Waals surface area contributed by atoms with E-state index in [4.69, 9.17) is 4.74 Å². The minimum absolute atomic E-state index is 0.00744. The molecule has 0 bridgehead atoms. The zero-order valence-corrected chi connectivity index (χ0v) is 15.6. The van der Waals surface area contributed by atoms with Crippen molar-refractivity contribution in [3.63, 3.8) is 0 Å². The second-order valence-corrected chi connectivity index (χ2v) is 6.38. The summed E-state index contributed by atoms with van der Waals surface area (Å²) in [5.74, 6) is -0.504. The van der Waals surface area contributed by atoms with Crippen molar-refractivity contribution in [2.45, 2.75) is 20.0 Å². The molecule has 2 rings (SSSR count). The molecule has 0 atom stereocenters. The van der Waals surface area contributed by atoms with Gasteiger partial charge >= 0.3 is 0 Å². The number of non-ortho nitro benzene ring substituents is 1. The fourth-order valence-electron chi connectivity index (χ4n) is 1.98. The number of carbonyl (C=O) groups excluding carboxylic acids is 2. The topological polar surface area (TPSA) is 111 Å². The van der Waals surface area contributed by atoms with E-state index in [-0.39, 0.29) is 17.4 Å². The van der Waals surface area contributed by atoms with Crippen LogP contribution in [0.1, 0.15) is 34.6 Å². The Labute approximate surface area is 157 Å². The first-order chi connectivity index (χ1) is 12.3. The Morgan fingerprint density at radius 2 is 1.58 bits per heavy atom. The number of nitrogens with one attached hydrogen (secondary N) is 2. The quantitative estimate of drug-likeness (QED) is 0.568. The van der Waals surface area contributed by atoms with Crippen molar-refractivity contribution in [1.82, 2.24) is 10.9 Å². The van der Waals surface area contributed by atoms with Crippen molar-refractivity contribution >= 4 is 33.4 Å². The molecule has 2 N–H and O–H groups in total. The molecule has 0 aliphatic heterocycles. The van der Waals surface area contributed by atoms with Crippen LogP contribution in [0.3, 0.4) is 0 Å². The van der Waals surface area contributed by atoms with Crippen molar-refractivity contribution in [2.24, 2.45) is 0 Å². The van der Waals surface area contributed by atoms with Crippen molar-refractivity contribution < 1.29 is 19.2 Å². The first kappa shape index (κ1) is 19.4. The van der Waals surface area contributed by atoms with Gasteiger partial charge in [0.25, 0.3) is 17.5 Å². The van der Waals surface area contributed by atoms with Crippen LogP contribution in [0.5, 0.6) is 5.75 Å². The lowest BCUT2D eigenvalue weighted by molar-refractivity contribution is -0.384. The van der Waals surface area contributed by atoms with Crippen LogP contribution in [-0.2, 0) is 0 Å². The van der Waals surface area contributed by atoms with Gasteiger partial charge in [0.2, 0.25) is 0 Å². The molecule has 0 aromatic heterocycles. The molecule has 0 fully saturated rings. The van der Waals surface area contributed by atoms with Crippen LogP contribution >= 0.6 is 15.9 Å². The first-order valence-electron chi connectivity index (χ1n) is 7.59. The lowest BCUT2D eigenvalue weighted by Crippen LogP contribution is -2.41. The molecule has 0 saturated carbocycles. The maximum Gasteiger partial charge on any atom is 0.269 e. The van der Waals surface area contributed by atoms with Gasteiger partial charge in [-0.05, 0) is 60.1 Å². The van der Waals surface area contributed by atoms with Gasteiger partial charge in [-0.25, -0.2) is 0 Å². The number of amides is 2. The number of hydrogen-bond donors (Lipinski definition) is 2. The van der Waals surface area contributed by atoms with E-state index in [0.717, 1.165) is 0 Å². The zero-order valence-electron chi connectivity index (χ0n) is 14.0. The van der Waals surface area contributed by atoms with Crippen molar-refractivity contribution in [3.8, 4) is 5.75 Å². The molecule has 136 valence electrons. The Hall–Kier alpha value is -2.94. The van der Waals surface area contributed by atoms with E-state index < -0.39 is 16.7 Å². The van der Waals surface area contributed by atoms with Crippen LogP contribution in [0.2, 0.25) is 0 Å². The summed E-state index contributed by atoms with van der Waals surface area (Å²) in [6, 6.07) is 9.81. The third-order valence-electron chi connectivity index (χ3n) is 3.19. The SMILES string of the molecule is CC(C)Oc1ccc(C(=O)NNC(=O)c2ccc([N+](=O)[O-])cc2)cc1Br. The summed E-state index contributed by atoms with van der Waals surface area (Å²) in [5, 5.41) is 10.6. The first-order valence-corrected chi connectivity index (χ1v) is 8.38. The third kappa shape index (κ3) is 5.03. The van der Waals surface area contributed by atoms with Crippen LogP contribution in [0.25, 0.3) is 0 Å². The molecule has 0 radical (unpaired) electrons. The second-order valence-electron chi connectivity index (χ2n) is 5.52. The van der Waals surface area contributed by atoms with Gasteiger partial charge in [-0.2, -0.15) is 0 Å². The highest BCUT2D eigenvalue weighted by atomic mass is 79.9. The molecule has 8 nitrogen and oxygen atoms in total. The Morgan fingerprint density at radius 3 is 2.08 bits per heavy atom. The fourth-order valence-corrected chi connectivity index (χ4v) is 2.46. The molecule has 26 heavy (non-hydrogen) atoms. The van der Waals surface area contributed by atoms with E-state index in [2.05, 4.69) is 26.8 Å². The van der Waals surface area contributed by atoms with Gasteiger partial charge in [0.15, 0.2) is 0 Å². The number of benzene rings is 2. The van der Waals surface area contributed by atoms with E-state index >= 15 is 0 Å². The molecular weight excluding hydrogens is 406 g/mol. The average molecular weight is 422 g/mol. The Bertz CT molecular complexity index is 837. The summed E-state index contributed by atoms with van der Waals surface area (Å²) in [4.78, 5) is 34.1. The zero-order chi connectivity index (χ0) is 19.3. The van der Waals surface area contributed by atoms with E-state index in [0.29, 0.717) is 15.8 Å². The lowest BCUT2D eigenvalue weighted by atomic mass is 10.2. The molecule has 0 saturated heterocycles. The van der Waals surface area contributed by atoms with Crippen LogP contribution < -0.4 is 15.6 Å². The number of ether oxygens (including phenoxy) is 1. The van der Waals surface area contributed by atoms with Gasteiger partial charge in [-0.15, -0.1) is 0 Å². The molecule has 0 unspecified atom stereocenters. The van der Waals surface area contributed by atoms with E-state index in [1.807, 2.05) is 13.8 Å². The van der Waals surface area contributed by atoms with Gasteiger partial charge in [0.1, 0.15) is 5.75 Å². The maximum atomic E-state index is 12.1. The van der Waals surface area contributed by atoms with Crippen molar-refractivity contribution in [3.05, 3.63) is 68.2 Å². The highest BCUT2D eigenvalue weighted by molar-refractivity contribution is 9.10. The average Bonchev–Trinajstić information content (AvgIpc) is 2.60. The minimum atomic E-state index is -0.591. The van der Waals surface area contributed by atoms with Crippen LogP contribution in [0, 0.1) is 10.1 Å². The summed E-state index contributed by atoms with van der Waals surface area (Å²) < 4.78 is 6.18. The van der Waals surface area contributed by atoms with E-state index in [1.54, 1.807) is 18.2 Å². The predicted octanol–water partition coefficient (Wildman–Crippen LogP) is 3.22. The van der Waals surface area contributed by atoms with Crippen LogP contribution in [0.4, 0.5) is 5.69 Å². The number of rotatable bonds is 5. The van der Waals surface area contributed by atoms with Gasteiger partial charge in [0, 0.05) is 23.3 Å². The maximum absolute atomic E-state index is 12.1. The molecule has 2 aromatic carbocycles. The highest BCUT2D eigenvalue weighted by Gasteiger charge is 2.13. The van der Waals surface area contributed by atoms with Gasteiger partial charge < -0.3 is 4.74 Å². The van der Waals surface area contributed by atoms with Crippen LogP contribution in [0.15, 0.2) is 46.9 Å². The number of hydrazine groups is 1. The summed E-state index contributed by atoms with van der Waals surface area (Å²) in [6.45, 7) is 3.78. The molecule has 0 aliphatic rings. The highest BCUT2D eigenvalue weighted by Crippen LogP contribution is 2.26. The van der Waals surface area contributed by atoms with E-state index in [1.165, 1.54) is 24.3 Å². The number of halogens is 1. The third-order valence-corrected chi connectivity index (χ3v) is 3.81. The van der Waals surface area contributed by atoms with Crippen molar-refractivity contribution in [1.29, 1.82) is 0 Å². The summed E-state index contributed by atoms with van der Waals surface area (Å²) in [5.41, 5.74) is 4.91. The Kier molecular flexibility index (Phi) is 6.29. The fraction of sp³-hybridized carbons (Fsp3) is 0.176. The molecule has 9 heteroatoms. The molecule has 0 spiro atoms. The van der Waals surface area contributed by atoms with E-state index in [9.17, 15) is 19.7 Å². The van der Waals surface area contributed by atoms with Gasteiger partial charge in [-0.3, -0.25) is 30.6 Å². The van der Waals surface area contributed by atoms with Gasteiger partial charge in [0.05, 0.1) is 15.5 Å². The summed E-state index contributed by atoms with van der Waals surface area (Å²) >= 11 is 3.33. The van der Waals surface area contributed by atoms with Crippen LogP contribution in [-0.4, -0.2) is 22.8 Å². The number of carbonyl (C=O) groups is 2. The molecule has 0 heterocycles. The van der Waals surface area contributed by atoms with Gasteiger partial charge in [-0.1, -0.05) is 0 Å². The lowest BCUT2D eigenvalue weighted by Gasteiger charge is -2.12. The smallest absolute Gasteiger partial charge is 0.269 e. The molecule has 0 aliphatic carbocycles. The van der Waals surface area contributed by atoms with Crippen molar-refractivity contribution in [2.75, 3.05) is 0 Å². The standard InChI is InChI=1S/C17H16BrN3O5/c1-10(2)26-15-8-5-12(9-14(15)18)17(23)20-19-16(22)11-3-6-13(7-4-11)21(24)25/h3-10H,1-2H3,(H,19,22)(H,20,23). The summed E-state index contributed by atoms with van der Waals surface area (Å²) in [7, 11) is 0. The molecule has 2 aromatic rings. The summed E-state index contributed by atoms with van der Waals surface area (Å²) in [6.07, 6.45) is -0.00744. The largest absolute Gasteiger partial charge is 0.490 e. The number of nitro groups is 1. The Morgan fingerprint density at radius 1 is 1.04 bits per heavy atom. The number of nitro benzene ring substituents is 1. The number of nitrogens with zero attached hydrogens (tertiary/aromatic N) is 1. The normalized spacial score (nSPS) is 10.3. The molecular formula is C17H16BrN3O5. The second kappa shape index (κ2) is 8.43. The number of hydrogen-bond acceptors (Lipinski definition) is 5.